The predicted octanol–water partition coefficient (Wildman–Crippen LogP) is 3.38. The first-order valence-corrected chi connectivity index (χ1v) is 10.9. The zero-order valence-electron chi connectivity index (χ0n) is 16.2. The van der Waals surface area contributed by atoms with Gasteiger partial charge in [-0.3, -0.25) is 19.4 Å². The lowest BCUT2D eigenvalue weighted by Crippen LogP contribution is -2.48. The molecule has 7 nitrogen and oxygen atoms in total. The molecule has 0 saturated carbocycles. The Morgan fingerprint density at radius 1 is 1.13 bits per heavy atom. The minimum atomic E-state index is -0.993. The molecule has 1 atom stereocenters. The molecule has 158 valence electrons. The maximum absolute atomic E-state index is 12.3. The molecule has 1 aromatic carbocycles. The highest BCUT2D eigenvalue weighted by Crippen LogP contribution is 2.33. The molecule has 0 radical (unpaired) electrons. The standard InChI is InChI=1S/C21H22ClN3O4S/c22-14-3-4-16-17(12-25(13-19(26)27)18(16)10-14)20(21(28)29)24-7-5-23(6-8-24)11-15-2-1-9-30-15/h1-4,9-10,12,20H,5-8,11,13H2,(H,26,27)(H,28,29). The lowest BCUT2D eigenvalue weighted by Gasteiger charge is -2.37. The van der Waals surface area contributed by atoms with E-state index in [0.717, 1.165) is 19.6 Å². The van der Waals surface area contributed by atoms with Crippen molar-refractivity contribution in [3.63, 3.8) is 0 Å². The quantitative estimate of drug-likeness (QED) is 0.577. The Morgan fingerprint density at radius 3 is 2.53 bits per heavy atom. The Labute approximate surface area is 182 Å². The average Bonchev–Trinajstić information content (AvgIpc) is 3.31. The highest BCUT2D eigenvalue weighted by atomic mass is 35.5. The first-order valence-electron chi connectivity index (χ1n) is 9.64. The van der Waals surface area contributed by atoms with E-state index in [-0.39, 0.29) is 6.54 Å². The van der Waals surface area contributed by atoms with Gasteiger partial charge in [0.05, 0.1) is 5.52 Å². The number of hydrogen-bond acceptors (Lipinski definition) is 5. The van der Waals surface area contributed by atoms with Crippen LogP contribution in [0.2, 0.25) is 5.02 Å². The summed E-state index contributed by atoms with van der Waals surface area (Å²) in [6, 6.07) is 8.47. The van der Waals surface area contributed by atoms with E-state index in [2.05, 4.69) is 16.3 Å². The van der Waals surface area contributed by atoms with Gasteiger partial charge in [-0.2, -0.15) is 0 Å². The Kier molecular flexibility index (Phi) is 6.10. The lowest BCUT2D eigenvalue weighted by atomic mass is 10.0. The summed E-state index contributed by atoms with van der Waals surface area (Å²) in [6.45, 7) is 3.43. The molecule has 1 fully saturated rings. The van der Waals surface area contributed by atoms with Gasteiger partial charge in [-0.15, -0.1) is 11.3 Å². The first-order chi connectivity index (χ1) is 14.4. The van der Waals surface area contributed by atoms with E-state index in [1.54, 1.807) is 40.3 Å². The van der Waals surface area contributed by atoms with Gasteiger partial charge in [0, 0.05) is 59.8 Å². The summed E-state index contributed by atoms with van der Waals surface area (Å²) in [5.41, 5.74) is 1.23. The number of carboxylic acids is 2. The van der Waals surface area contributed by atoms with Gasteiger partial charge in [-0.1, -0.05) is 23.7 Å². The van der Waals surface area contributed by atoms with Crippen LogP contribution in [-0.2, 0) is 22.7 Å². The number of piperazine rings is 1. The van der Waals surface area contributed by atoms with Crippen LogP contribution in [0.4, 0.5) is 0 Å². The molecule has 0 bridgehead atoms. The fraction of sp³-hybridized carbons (Fsp3) is 0.333. The number of fused-ring (bicyclic) bond motifs is 1. The van der Waals surface area contributed by atoms with Crippen LogP contribution < -0.4 is 0 Å². The third-order valence-electron chi connectivity index (χ3n) is 5.44. The van der Waals surface area contributed by atoms with Crippen molar-refractivity contribution in [3.05, 3.63) is 57.4 Å². The monoisotopic (exact) mass is 447 g/mol. The van der Waals surface area contributed by atoms with Gasteiger partial charge in [0.15, 0.2) is 0 Å². The van der Waals surface area contributed by atoms with E-state index < -0.39 is 18.0 Å². The zero-order valence-corrected chi connectivity index (χ0v) is 17.8. The number of benzene rings is 1. The van der Waals surface area contributed by atoms with Crippen molar-refractivity contribution in [1.82, 2.24) is 14.4 Å². The molecule has 2 aromatic heterocycles. The van der Waals surface area contributed by atoms with Crippen molar-refractivity contribution in [2.45, 2.75) is 19.1 Å². The number of nitrogens with zero attached hydrogens (tertiary/aromatic N) is 3. The van der Waals surface area contributed by atoms with Crippen LogP contribution in [0.1, 0.15) is 16.5 Å². The van der Waals surface area contributed by atoms with Gasteiger partial charge in [0.1, 0.15) is 12.6 Å². The van der Waals surface area contributed by atoms with Gasteiger partial charge >= 0.3 is 11.9 Å². The highest BCUT2D eigenvalue weighted by molar-refractivity contribution is 7.09. The van der Waals surface area contributed by atoms with Gasteiger partial charge < -0.3 is 14.8 Å². The van der Waals surface area contributed by atoms with Crippen molar-refractivity contribution in [3.8, 4) is 0 Å². The van der Waals surface area contributed by atoms with E-state index in [1.807, 2.05) is 11.0 Å². The molecule has 2 N–H and O–H groups in total. The van der Waals surface area contributed by atoms with Crippen LogP contribution in [-0.4, -0.2) is 62.7 Å². The second kappa shape index (κ2) is 8.77. The summed E-state index contributed by atoms with van der Waals surface area (Å²) < 4.78 is 1.56. The van der Waals surface area contributed by atoms with E-state index in [9.17, 15) is 19.8 Å². The maximum atomic E-state index is 12.3. The molecule has 1 aliphatic rings. The number of aliphatic carboxylic acids is 2. The molecule has 9 heteroatoms. The SMILES string of the molecule is O=C(O)Cn1cc(C(C(=O)O)N2CCN(Cc3cccs3)CC2)c2ccc(Cl)cc21. The lowest BCUT2D eigenvalue weighted by molar-refractivity contribution is -0.144. The van der Waals surface area contributed by atoms with Crippen LogP contribution in [0.5, 0.6) is 0 Å². The summed E-state index contributed by atoms with van der Waals surface area (Å²) in [5.74, 6) is -1.93. The fourth-order valence-electron chi connectivity index (χ4n) is 4.08. The number of rotatable bonds is 7. The smallest absolute Gasteiger partial charge is 0.325 e. The second-order valence-corrected chi connectivity index (χ2v) is 8.87. The van der Waals surface area contributed by atoms with Crippen LogP contribution in [0.3, 0.4) is 0 Å². The van der Waals surface area contributed by atoms with Gasteiger partial charge in [0.2, 0.25) is 0 Å². The van der Waals surface area contributed by atoms with Gasteiger partial charge in [0.25, 0.3) is 0 Å². The van der Waals surface area contributed by atoms with Crippen molar-refractivity contribution in [2.24, 2.45) is 0 Å². The molecule has 30 heavy (non-hydrogen) atoms. The number of aromatic nitrogens is 1. The summed E-state index contributed by atoms with van der Waals surface area (Å²) >= 11 is 7.83. The topological polar surface area (TPSA) is 86.0 Å². The summed E-state index contributed by atoms with van der Waals surface area (Å²) in [6.07, 6.45) is 1.64. The Balaban J connectivity index is 1.60. The van der Waals surface area contributed by atoms with E-state index in [1.165, 1.54) is 4.88 Å². The molecule has 4 rings (SSSR count). The number of carboxylic acid groups (broad SMARTS) is 2. The Hall–Kier alpha value is -2.39. The van der Waals surface area contributed by atoms with Crippen LogP contribution >= 0.6 is 22.9 Å². The third kappa shape index (κ3) is 4.37. The Bertz CT molecular complexity index is 1060. The van der Waals surface area contributed by atoms with Crippen molar-refractivity contribution in [2.75, 3.05) is 26.2 Å². The molecule has 3 heterocycles. The van der Waals surface area contributed by atoms with E-state index in [4.69, 9.17) is 11.6 Å². The molecule has 0 spiro atoms. The number of halogens is 1. The van der Waals surface area contributed by atoms with Crippen LogP contribution in [0.15, 0.2) is 41.9 Å². The van der Waals surface area contributed by atoms with Crippen LogP contribution in [0, 0.1) is 0 Å². The highest BCUT2D eigenvalue weighted by Gasteiger charge is 2.33. The summed E-state index contributed by atoms with van der Waals surface area (Å²) in [7, 11) is 0. The van der Waals surface area contributed by atoms with E-state index in [0.29, 0.717) is 34.6 Å². The molecule has 1 saturated heterocycles. The first kappa shape index (κ1) is 20.9. The van der Waals surface area contributed by atoms with Gasteiger partial charge in [-0.05, 0) is 23.6 Å². The molecule has 1 aliphatic heterocycles. The number of thiophene rings is 1. The second-order valence-electron chi connectivity index (χ2n) is 7.40. The summed E-state index contributed by atoms with van der Waals surface area (Å²) in [5, 5.41) is 22.6. The molecular weight excluding hydrogens is 426 g/mol. The molecular formula is C21H22ClN3O4S. The van der Waals surface area contributed by atoms with Crippen molar-refractivity contribution in [1.29, 1.82) is 0 Å². The van der Waals surface area contributed by atoms with E-state index >= 15 is 0 Å². The van der Waals surface area contributed by atoms with Crippen molar-refractivity contribution >= 4 is 45.8 Å². The fourth-order valence-corrected chi connectivity index (χ4v) is 4.99. The minimum absolute atomic E-state index is 0.252. The predicted molar refractivity (Wildman–Crippen MR) is 116 cm³/mol. The van der Waals surface area contributed by atoms with Gasteiger partial charge in [-0.25, -0.2) is 0 Å². The normalized spacial score (nSPS) is 16.7. The molecule has 0 amide bonds. The number of carbonyl (C=O) groups is 2. The third-order valence-corrected chi connectivity index (χ3v) is 6.54. The average molecular weight is 448 g/mol. The van der Waals surface area contributed by atoms with Crippen LogP contribution in [0.25, 0.3) is 10.9 Å². The van der Waals surface area contributed by atoms with Crippen molar-refractivity contribution < 1.29 is 19.8 Å². The minimum Gasteiger partial charge on any atom is -0.480 e. The number of hydrogen-bond donors (Lipinski definition) is 2. The maximum Gasteiger partial charge on any atom is 0.325 e. The molecule has 1 unspecified atom stereocenters. The largest absolute Gasteiger partial charge is 0.480 e. The Morgan fingerprint density at radius 2 is 1.90 bits per heavy atom. The molecule has 3 aromatic rings. The summed E-state index contributed by atoms with van der Waals surface area (Å²) in [4.78, 5) is 29.2. The molecule has 0 aliphatic carbocycles. The zero-order chi connectivity index (χ0) is 21.3.